The van der Waals surface area contributed by atoms with Crippen molar-refractivity contribution in [3.63, 3.8) is 0 Å². The SMILES string of the molecule is CC(NCc1ccc(C#N)cc1)C(N)=O. The number of nitriles is 1. The van der Waals surface area contributed by atoms with E-state index in [4.69, 9.17) is 11.0 Å². The maximum Gasteiger partial charge on any atom is 0.234 e. The molecule has 4 heteroatoms. The van der Waals surface area contributed by atoms with Crippen LogP contribution in [0.1, 0.15) is 18.1 Å². The Labute approximate surface area is 88.7 Å². The van der Waals surface area contributed by atoms with Gasteiger partial charge < -0.3 is 11.1 Å². The fraction of sp³-hybridized carbons (Fsp3) is 0.273. The number of rotatable bonds is 4. The van der Waals surface area contributed by atoms with E-state index in [9.17, 15) is 4.79 Å². The molecule has 0 spiro atoms. The highest BCUT2D eigenvalue weighted by Crippen LogP contribution is 2.03. The largest absolute Gasteiger partial charge is 0.368 e. The average Bonchev–Trinajstić information content (AvgIpc) is 2.26. The first kappa shape index (κ1) is 11.2. The lowest BCUT2D eigenvalue weighted by molar-refractivity contribution is -0.119. The molecular formula is C11H13N3O. The first-order valence-corrected chi connectivity index (χ1v) is 4.65. The number of amides is 1. The lowest BCUT2D eigenvalue weighted by Gasteiger charge is -2.09. The molecule has 1 atom stereocenters. The number of hydrogen-bond acceptors (Lipinski definition) is 3. The second-order valence-corrected chi connectivity index (χ2v) is 3.31. The summed E-state index contributed by atoms with van der Waals surface area (Å²) in [5.74, 6) is -0.372. The summed E-state index contributed by atoms with van der Waals surface area (Å²) < 4.78 is 0. The molecule has 0 heterocycles. The Morgan fingerprint density at radius 1 is 1.53 bits per heavy atom. The molecule has 0 bridgehead atoms. The molecule has 0 aliphatic heterocycles. The molecule has 1 rings (SSSR count). The van der Waals surface area contributed by atoms with Gasteiger partial charge in [0.05, 0.1) is 17.7 Å². The van der Waals surface area contributed by atoms with Crippen molar-refractivity contribution in [2.45, 2.75) is 19.5 Å². The van der Waals surface area contributed by atoms with Gasteiger partial charge in [-0.2, -0.15) is 5.26 Å². The van der Waals surface area contributed by atoms with Crippen LogP contribution in [-0.2, 0) is 11.3 Å². The summed E-state index contributed by atoms with van der Waals surface area (Å²) in [6.45, 7) is 2.28. The first-order valence-electron chi connectivity index (χ1n) is 4.65. The van der Waals surface area contributed by atoms with Crippen LogP contribution in [0.2, 0.25) is 0 Å². The number of primary amides is 1. The van der Waals surface area contributed by atoms with Gasteiger partial charge in [0, 0.05) is 6.54 Å². The molecule has 78 valence electrons. The third-order valence-electron chi connectivity index (χ3n) is 2.12. The summed E-state index contributed by atoms with van der Waals surface area (Å²) in [4.78, 5) is 10.7. The van der Waals surface area contributed by atoms with E-state index in [0.29, 0.717) is 12.1 Å². The Kier molecular flexibility index (Phi) is 3.83. The third kappa shape index (κ3) is 3.41. The van der Waals surface area contributed by atoms with Crippen molar-refractivity contribution in [1.29, 1.82) is 5.26 Å². The van der Waals surface area contributed by atoms with Crippen LogP contribution in [-0.4, -0.2) is 11.9 Å². The fourth-order valence-corrected chi connectivity index (χ4v) is 1.07. The predicted molar refractivity (Wildman–Crippen MR) is 56.7 cm³/mol. The predicted octanol–water partition coefficient (Wildman–Crippen LogP) is 0.522. The maximum atomic E-state index is 10.7. The van der Waals surface area contributed by atoms with Gasteiger partial charge in [0.15, 0.2) is 0 Å². The van der Waals surface area contributed by atoms with E-state index in [-0.39, 0.29) is 11.9 Å². The molecule has 0 fully saturated rings. The van der Waals surface area contributed by atoms with Crippen molar-refractivity contribution in [3.8, 4) is 6.07 Å². The van der Waals surface area contributed by atoms with Gasteiger partial charge in [-0.3, -0.25) is 4.79 Å². The quantitative estimate of drug-likeness (QED) is 0.748. The number of hydrogen-bond donors (Lipinski definition) is 2. The first-order chi connectivity index (χ1) is 7.13. The molecule has 1 amide bonds. The van der Waals surface area contributed by atoms with E-state index in [1.165, 1.54) is 0 Å². The second kappa shape index (κ2) is 5.13. The molecule has 1 unspecified atom stereocenters. The molecule has 1 aromatic carbocycles. The Bertz CT molecular complexity index is 378. The molecule has 0 aliphatic rings. The van der Waals surface area contributed by atoms with E-state index < -0.39 is 0 Å². The highest BCUT2D eigenvalue weighted by molar-refractivity contribution is 5.79. The minimum Gasteiger partial charge on any atom is -0.368 e. The van der Waals surface area contributed by atoms with Crippen LogP contribution in [0.25, 0.3) is 0 Å². The van der Waals surface area contributed by atoms with E-state index >= 15 is 0 Å². The number of nitrogens with two attached hydrogens (primary N) is 1. The standard InChI is InChI=1S/C11H13N3O/c1-8(11(13)15)14-7-10-4-2-9(6-12)3-5-10/h2-5,8,14H,7H2,1H3,(H2,13,15). The van der Waals surface area contributed by atoms with Gasteiger partial charge in [-0.15, -0.1) is 0 Å². The molecule has 4 nitrogen and oxygen atoms in total. The summed E-state index contributed by atoms with van der Waals surface area (Å²) in [6, 6.07) is 8.87. The van der Waals surface area contributed by atoms with Gasteiger partial charge in [-0.25, -0.2) is 0 Å². The van der Waals surface area contributed by atoms with Crippen LogP contribution in [0, 0.1) is 11.3 Å². The van der Waals surface area contributed by atoms with Crippen LogP contribution >= 0.6 is 0 Å². The third-order valence-corrected chi connectivity index (χ3v) is 2.12. The number of carbonyl (C=O) groups excluding carboxylic acids is 1. The van der Waals surface area contributed by atoms with Gasteiger partial charge in [0.2, 0.25) is 5.91 Å². The van der Waals surface area contributed by atoms with Gasteiger partial charge >= 0.3 is 0 Å². The highest BCUT2D eigenvalue weighted by atomic mass is 16.1. The number of nitrogens with zero attached hydrogens (tertiary/aromatic N) is 1. The van der Waals surface area contributed by atoms with Crippen molar-refractivity contribution in [2.24, 2.45) is 5.73 Å². The molecule has 0 saturated heterocycles. The molecule has 1 aromatic rings. The summed E-state index contributed by atoms with van der Waals surface area (Å²) in [7, 11) is 0. The summed E-state index contributed by atoms with van der Waals surface area (Å²) in [5, 5.41) is 11.6. The zero-order valence-corrected chi connectivity index (χ0v) is 8.53. The molecule has 3 N–H and O–H groups in total. The van der Waals surface area contributed by atoms with E-state index in [0.717, 1.165) is 5.56 Å². The monoisotopic (exact) mass is 203 g/mol. The zero-order chi connectivity index (χ0) is 11.3. The van der Waals surface area contributed by atoms with Gasteiger partial charge in [-0.05, 0) is 24.6 Å². The number of carbonyl (C=O) groups is 1. The number of nitrogens with one attached hydrogen (secondary N) is 1. The molecule has 0 radical (unpaired) electrons. The van der Waals surface area contributed by atoms with Crippen molar-refractivity contribution >= 4 is 5.91 Å². The van der Waals surface area contributed by atoms with E-state index in [1.807, 2.05) is 18.2 Å². The summed E-state index contributed by atoms with van der Waals surface area (Å²) in [5.41, 5.74) is 6.74. The van der Waals surface area contributed by atoms with Crippen LogP contribution in [0.5, 0.6) is 0 Å². The fourth-order valence-electron chi connectivity index (χ4n) is 1.07. The van der Waals surface area contributed by atoms with Gasteiger partial charge in [0.25, 0.3) is 0 Å². The second-order valence-electron chi connectivity index (χ2n) is 3.31. The lowest BCUT2D eigenvalue weighted by atomic mass is 10.1. The van der Waals surface area contributed by atoms with Gasteiger partial charge in [0.1, 0.15) is 0 Å². The Morgan fingerprint density at radius 3 is 2.60 bits per heavy atom. The van der Waals surface area contributed by atoms with E-state index in [2.05, 4.69) is 5.32 Å². The normalized spacial score (nSPS) is 11.7. The summed E-state index contributed by atoms with van der Waals surface area (Å²) >= 11 is 0. The van der Waals surface area contributed by atoms with Crippen molar-refractivity contribution in [2.75, 3.05) is 0 Å². The Morgan fingerprint density at radius 2 is 2.13 bits per heavy atom. The van der Waals surface area contributed by atoms with Crippen LogP contribution < -0.4 is 11.1 Å². The Balaban J connectivity index is 2.52. The Hall–Kier alpha value is -1.86. The average molecular weight is 203 g/mol. The lowest BCUT2D eigenvalue weighted by Crippen LogP contribution is -2.38. The van der Waals surface area contributed by atoms with Crippen molar-refractivity contribution < 1.29 is 4.79 Å². The van der Waals surface area contributed by atoms with Crippen LogP contribution in [0.3, 0.4) is 0 Å². The van der Waals surface area contributed by atoms with Crippen molar-refractivity contribution in [1.82, 2.24) is 5.32 Å². The maximum absolute atomic E-state index is 10.7. The highest BCUT2D eigenvalue weighted by Gasteiger charge is 2.06. The molecule has 15 heavy (non-hydrogen) atoms. The molecule has 0 saturated carbocycles. The molecule has 0 aliphatic carbocycles. The van der Waals surface area contributed by atoms with E-state index in [1.54, 1.807) is 19.1 Å². The number of benzene rings is 1. The molecule has 0 aromatic heterocycles. The van der Waals surface area contributed by atoms with Crippen LogP contribution in [0.15, 0.2) is 24.3 Å². The smallest absolute Gasteiger partial charge is 0.234 e. The van der Waals surface area contributed by atoms with Gasteiger partial charge in [-0.1, -0.05) is 12.1 Å². The minimum atomic E-state index is -0.372. The van der Waals surface area contributed by atoms with Crippen LogP contribution in [0.4, 0.5) is 0 Å². The van der Waals surface area contributed by atoms with Crippen molar-refractivity contribution in [3.05, 3.63) is 35.4 Å². The topological polar surface area (TPSA) is 78.9 Å². The summed E-state index contributed by atoms with van der Waals surface area (Å²) in [6.07, 6.45) is 0. The minimum absolute atomic E-state index is 0.347. The zero-order valence-electron chi connectivity index (χ0n) is 8.53. The molecular weight excluding hydrogens is 190 g/mol.